The second-order valence-electron chi connectivity index (χ2n) is 3.54. The van der Waals surface area contributed by atoms with Crippen molar-refractivity contribution in [2.45, 2.75) is 19.8 Å². The maximum atomic E-state index is 12.6. The van der Waals surface area contributed by atoms with E-state index >= 15 is 0 Å². The lowest BCUT2D eigenvalue weighted by Gasteiger charge is -2.07. The third-order valence-corrected chi connectivity index (χ3v) is 2.18. The summed E-state index contributed by atoms with van der Waals surface area (Å²) in [6.45, 7) is 5.06. The molecule has 0 aromatic heterocycles. The Morgan fingerprint density at radius 2 is 1.80 bits per heavy atom. The first-order chi connectivity index (χ1) is 7.33. The minimum atomic E-state index is -0.193. The molecule has 0 heterocycles. The highest BCUT2D eigenvalue weighted by atomic mass is 19.1. The first-order valence-corrected chi connectivity index (χ1v) is 5.53. The van der Waals surface area contributed by atoms with Crippen molar-refractivity contribution < 1.29 is 4.39 Å². The molecule has 2 nitrogen and oxygen atoms in total. The fourth-order valence-electron chi connectivity index (χ4n) is 1.29. The smallest absolute Gasteiger partial charge is 0.123 e. The van der Waals surface area contributed by atoms with Gasteiger partial charge in [-0.2, -0.15) is 0 Å². The van der Waals surface area contributed by atoms with Crippen LogP contribution in [0.2, 0.25) is 0 Å². The van der Waals surface area contributed by atoms with Crippen molar-refractivity contribution in [2.24, 2.45) is 0 Å². The summed E-state index contributed by atoms with van der Waals surface area (Å²) in [6, 6.07) is 6.43. The summed E-state index contributed by atoms with van der Waals surface area (Å²) in [6.07, 6.45) is 2.44. The maximum absolute atomic E-state index is 12.6. The number of hydrogen-bond donors (Lipinski definition) is 2. The zero-order valence-electron chi connectivity index (χ0n) is 9.22. The molecule has 0 amide bonds. The van der Waals surface area contributed by atoms with Crippen molar-refractivity contribution in [1.29, 1.82) is 0 Å². The van der Waals surface area contributed by atoms with Crippen LogP contribution in [0.1, 0.15) is 19.8 Å². The second-order valence-corrected chi connectivity index (χ2v) is 3.54. The molecule has 0 radical (unpaired) electrons. The van der Waals surface area contributed by atoms with Crippen molar-refractivity contribution in [3.8, 4) is 0 Å². The topological polar surface area (TPSA) is 24.1 Å². The van der Waals surface area contributed by atoms with Crippen LogP contribution in [-0.4, -0.2) is 19.6 Å². The van der Waals surface area contributed by atoms with Crippen LogP contribution in [0.4, 0.5) is 10.1 Å². The Labute approximate surface area is 90.9 Å². The Balaban J connectivity index is 2.07. The van der Waals surface area contributed by atoms with Crippen LogP contribution in [-0.2, 0) is 0 Å². The number of anilines is 1. The van der Waals surface area contributed by atoms with Gasteiger partial charge in [0.1, 0.15) is 5.82 Å². The lowest BCUT2D eigenvalue weighted by Crippen LogP contribution is -2.23. The summed E-state index contributed by atoms with van der Waals surface area (Å²) < 4.78 is 12.6. The monoisotopic (exact) mass is 210 g/mol. The van der Waals surface area contributed by atoms with Crippen LogP contribution in [0.5, 0.6) is 0 Å². The summed E-state index contributed by atoms with van der Waals surface area (Å²) >= 11 is 0. The van der Waals surface area contributed by atoms with E-state index in [-0.39, 0.29) is 5.82 Å². The molecule has 0 unspecified atom stereocenters. The number of rotatable bonds is 7. The number of benzene rings is 1. The van der Waals surface area contributed by atoms with Crippen molar-refractivity contribution in [3.05, 3.63) is 30.1 Å². The van der Waals surface area contributed by atoms with Crippen molar-refractivity contribution >= 4 is 5.69 Å². The molecule has 1 rings (SSSR count). The molecule has 0 aliphatic carbocycles. The standard InChI is InChI=1S/C12H19FN2/c1-2-3-8-14-9-10-15-12-6-4-11(13)5-7-12/h4-7,14-15H,2-3,8-10H2,1H3. The first kappa shape index (κ1) is 12.0. The minimum absolute atomic E-state index is 0.193. The van der Waals surface area contributed by atoms with Crippen molar-refractivity contribution in [1.82, 2.24) is 5.32 Å². The highest BCUT2D eigenvalue weighted by molar-refractivity contribution is 5.42. The average Bonchev–Trinajstić information content (AvgIpc) is 2.26. The fraction of sp³-hybridized carbons (Fsp3) is 0.500. The van der Waals surface area contributed by atoms with Gasteiger partial charge in [-0.25, -0.2) is 4.39 Å². The molecule has 1 aromatic rings. The summed E-state index contributed by atoms with van der Waals surface area (Å²) in [5.41, 5.74) is 0.966. The van der Waals surface area contributed by atoms with Gasteiger partial charge in [0.15, 0.2) is 0 Å². The fourth-order valence-corrected chi connectivity index (χ4v) is 1.29. The van der Waals surface area contributed by atoms with Gasteiger partial charge in [-0.05, 0) is 37.2 Å². The molecule has 84 valence electrons. The van der Waals surface area contributed by atoms with E-state index in [4.69, 9.17) is 0 Å². The van der Waals surface area contributed by atoms with Crippen LogP contribution in [0.25, 0.3) is 0 Å². The van der Waals surface area contributed by atoms with Gasteiger partial charge in [-0.1, -0.05) is 13.3 Å². The van der Waals surface area contributed by atoms with Gasteiger partial charge in [0.2, 0.25) is 0 Å². The lowest BCUT2D eigenvalue weighted by molar-refractivity contribution is 0.628. The Bertz CT molecular complexity index is 259. The van der Waals surface area contributed by atoms with Gasteiger partial charge in [-0.3, -0.25) is 0 Å². The molecule has 3 heteroatoms. The highest BCUT2D eigenvalue weighted by Crippen LogP contribution is 2.06. The van der Waals surface area contributed by atoms with Gasteiger partial charge in [0, 0.05) is 18.8 Å². The zero-order valence-corrected chi connectivity index (χ0v) is 9.22. The Kier molecular flexibility index (Phi) is 5.78. The number of unbranched alkanes of at least 4 members (excludes halogenated alkanes) is 1. The quantitative estimate of drug-likeness (QED) is 0.676. The molecule has 0 aliphatic heterocycles. The molecule has 1 aromatic carbocycles. The van der Waals surface area contributed by atoms with Gasteiger partial charge >= 0.3 is 0 Å². The van der Waals surface area contributed by atoms with E-state index in [1.165, 1.54) is 25.0 Å². The normalized spacial score (nSPS) is 10.3. The van der Waals surface area contributed by atoms with E-state index in [2.05, 4.69) is 17.6 Å². The number of hydrogen-bond acceptors (Lipinski definition) is 2. The molecule has 15 heavy (non-hydrogen) atoms. The molecular formula is C12H19FN2. The lowest BCUT2D eigenvalue weighted by atomic mass is 10.3. The Morgan fingerprint density at radius 1 is 1.07 bits per heavy atom. The maximum Gasteiger partial charge on any atom is 0.123 e. The van der Waals surface area contributed by atoms with Gasteiger partial charge in [0.05, 0.1) is 0 Å². The molecule has 0 fully saturated rings. The first-order valence-electron chi connectivity index (χ1n) is 5.53. The number of nitrogens with one attached hydrogen (secondary N) is 2. The van der Waals surface area contributed by atoms with Crippen LogP contribution < -0.4 is 10.6 Å². The van der Waals surface area contributed by atoms with Crippen molar-refractivity contribution in [2.75, 3.05) is 25.0 Å². The predicted octanol–water partition coefficient (Wildman–Crippen LogP) is 2.63. The molecule has 0 aliphatic rings. The summed E-state index contributed by atoms with van der Waals surface area (Å²) in [5, 5.41) is 6.55. The third-order valence-electron chi connectivity index (χ3n) is 2.18. The number of halogens is 1. The van der Waals surface area contributed by atoms with E-state index in [1.54, 1.807) is 12.1 Å². The molecule has 2 N–H and O–H groups in total. The molecular weight excluding hydrogens is 191 g/mol. The Morgan fingerprint density at radius 3 is 2.47 bits per heavy atom. The minimum Gasteiger partial charge on any atom is -0.384 e. The molecule has 0 bridgehead atoms. The molecule has 0 spiro atoms. The largest absolute Gasteiger partial charge is 0.384 e. The van der Waals surface area contributed by atoms with E-state index in [9.17, 15) is 4.39 Å². The van der Waals surface area contributed by atoms with E-state index in [0.717, 1.165) is 25.3 Å². The van der Waals surface area contributed by atoms with Gasteiger partial charge in [-0.15, -0.1) is 0 Å². The van der Waals surface area contributed by atoms with Crippen LogP contribution >= 0.6 is 0 Å². The van der Waals surface area contributed by atoms with Crippen LogP contribution in [0.15, 0.2) is 24.3 Å². The molecule has 0 atom stereocenters. The Hall–Kier alpha value is -1.09. The van der Waals surface area contributed by atoms with E-state index < -0.39 is 0 Å². The second kappa shape index (κ2) is 7.23. The highest BCUT2D eigenvalue weighted by Gasteiger charge is 1.92. The average molecular weight is 210 g/mol. The zero-order chi connectivity index (χ0) is 10.9. The summed E-state index contributed by atoms with van der Waals surface area (Å²) in [4.78, 5) is 0. The third kappa shape index (κ3) is 5.37. The van der Waals surface area contributed by atoms with Crippen LogP contribution in [0, 0.1) is 5.82 Å². The van der Waals surface area contributed by atoms with Crippen LogP contribution in [0.3, 0.4) is 0 Å². The summed E-state index contributed by atoms with van der Waals surface area (Å²) in [5.74, 6) is -0.193. The predicted molar refractivity (Wildman–Crippen MR) is 62.7 cm³/mol. The SMILES string of the molecule is CCCCNCCNc1ccc(F)cc1. The summed E-state index contributed by atoms with van der Waals surface area (Å²) in [7, 11) is 0. The molecule has 0 saturated heterocycles. The van der Waals surface area contributed by atoms with Crippen molar-refractivity contribution in [3.63, 3.8) is 0 Å². The van der Waals surface area contributed by atoms with E-state index in [1.807, 2.05) is 0 Å². The van der Waals surface area contributed by atoms with Gasteiger partial charge < -0.3 is 10.6 Å². The van der Waals surface area contributed by atoms with E-state index in [0.29, 0.717) is 0 Å². The molecule has 0 saturated carbocycles. The van der Waals surface area contributed by atoms with Gasteiger partial charge in [0.25, 0.3) is 0 Å².